The maximum atomic E-state index is 13.6. The van der Waals surface area contributed by atoms with Gasteiger partial charge in [0.15, 0.2) is 0 Å². The summed E-state index contributed by atoms with van der Waals surface area (Å²) in [5.41, 5.74) is 4.86. The van der Waals surface area contributed by atoms with Gasteiger partial charge in [-0.25, -0.2) is 9.78 Å². The largest absolute Gasteiger partial charge is 0.465 e. The predicted octanol–water partition coefficient (Wildman–Crippen LogP) is 6.73. The van der Waals surface area contributed by atoms with Crippen molar-refractivity contribution in [2.45, 2.75) is 11.8 Å². The molecule has 0 unspecified atom stereocenters. The highest BCUT2D eigenvalue weighted by Crippen LogP contribution is 2.33. The predicted molar refractivity (Wildman–Crippen MR) is 137 cm³/mol. The quantitative estimate of drug-likeness (QED) is 0.233. The molecule has 0 aliphatic carbocycles. The van der Waals surface area contributed by atoms with Crippen LogP contribution < -0.4 is 5.32 Å². The lowest BCUT2D eigenvalue weighted by molar-refractivity contribution is 0.0600. The molecule has 0 saturated heterocycles. The Labute approximate surface area is 204 Å². The molecule has 4 aromatic rings. The van der Waals surface area contributed by atoms with E-state index in [1.807, 2.05) is 61.7 Å². The molecule has 0 spiro atoms. The number of methoxy groups -OCH3 is 1. The molecule has 7 heteroatoms. The lowest BCUT2D eigenvalue weighted by Gasteiger charge is -2.16. The molecule has 1 amide bonds. The Bertz CT molecular complexity index is 1370. The first-order chi connectivity index (χ1) is 15.9. The summed E-state index contributed by atoms with van der Waals surface area (Å²) < 4.78 is 5.68. The van der Waals surface area contributed by atoms with Crippen molar-refractivity contribution in [1.29, 1.82) is 0 Å². The van der Waals surface area contributed by atoms with Crippen molar-refractivity contribution < 1.29 is 14.3 Å². The van der Waals surface area contributed by atoms with Crippen LogP contribution in [0.1, 0.15) is 26.3 Å². The number of hydrogen-bond acceptors (Lipinski definition) is 5. The minimum atomic E-state index is -0.420. The first kappa shape index (κ1) is 23.0. The maximum Gasteiger partial charge on any atom is 0.337 e. The molecule has 1 aromatic heterocycles. The Kier molecular flexibility index (Phi) is 6.81. The molecule has 33 heavy (non-hydrogen) atoms. The number of aromatic nitrogens is 1. The third kappa shape index (κ3) is 4.65. The fourth-order valence-electron chi connectivity index (χ4n) is 3.72. The summed E-state index contributed by atoms with van der Waals surface area (Å²) in [6.07, 6.45) is 1.89. The molecule has 0 aliphatic heterocycles. The van der Waals surface area contributed by atoms with Gasteiger partial charge in [-0.2, -0.15) is 0 Å². The van der Waals surface area contributed by atoms with Crippen LogP contribution in [0.5, 0.6) is 0 Å². The molecular weight excluding hydrogens is 500 g/mol. The minimum absolute atomic E-state index is 0.240. The van der Waals surface area contributed by atoms with Gasteiger partial charge in [0.05, 0.1) is 35.1 Å². The number of nitrogens with one attached hydrogen (secondary N) is 1. The number of benzene rings is 3. The summed E-state index contributed by atoms with van der Waals surface area (Å²) in [5, 5.41) is 3.80. The molecule has 0 atom stereocenters. The monoisotopic (exact) mass is 520 g/mol. The second-order valence-corrected chi connectivity index (χ2v) is 9.11. The van der Waals surface area contributed by atoms with E-state index in [1.165, 1.54) is 18.9 Å². The third-order valence-electron chi connectivity index (χ3n) is 5.34. The van der Waals surface area contributed by atoms with Gasteiger partial charge in [0.2, 0.25) is 0 Å². The summed E-state index contributed by atoms with van der Waals surface area (Å²) in [5.74, 6) is -0.659. The van der Waals surface area contributed by atoms with Crippen LogP contribution in [0, 0.1) is 6.92 Å². The minimum Gasteiger partial charge on any atom is -0.465 e. The smallest absolute Gasteiger partial charge is 0.337 e. The van der Waals surface area contributed by atoms with E-state index in [0.717, 1.165) is 37.1 Å². The second-order valence-electron chi connectivity index (χ2n) is 7.35. The molecular formula is C26H21BrN2O3S. The number of esters is 1. The van der Waals surface area contributed by atoms with E-state index in [1.54, 1.807) is 18.2 Å². The Morgan fingerprint density at radius 3 is 2.48 bits per heavy atom. The molecule has 5 nitrogen and oxygen atoms in total. The standard InChI is InChI=1S/C26H21BrN2O3S/c1-15-23(25(30)29-21-11-9-17(26(31)32-2)13-22(21)33-3)19-14-18(27)10-12-20(19)28-24(15)16-7-5-4-6-8-16/h4-14H,1-3H3,(H,29,30). The van der Waals surface area contributed by atoms with Gasteiger partial charge in [0.1, 0.15) is 0 Å². The molecule has 0 radical (unpaired) electrons. The molecule has 0 aliphatic rings. The van der Waals surface area contributed by atoms with E-state index in [2.05, 4.69) is 21.2 Å². The highest BCUT2D eigenvalue weighted by Gasteiger charge is 2.21. The lowest BCUT2D eigenvalue weighted by atomic mass is 9.97. The summed E-state index contributed by atoms with van der Waals surface area (Å²) in [6.45, 7) is 1.92. The maximum absolute atomic E-state index is 13.6. The average Bonchev–Trinajstić information content (AvgIpc) is 2.83. The Morgan fingerprint density at radius 2 is 1.79 bits per heavy atom. The molecule has 166 valence electrons. The summed E-state index contributed by atoms with van der Waals surface area (Å²) in [7, 11) is 1.34. The number of ether oxygens (including phenoxy) is 1. The lowest BCUT2D eigenvalue weighted by Crippen LogP contribution is -2.16. The van der Waals surface area contributed by atoms with Crippen molar-refractivity contribution in [1.82, 2.24) is 4.98 Å². The van der Waals surface area contributed by atoms with Crippen LogP contribution in [-0.2, 0) is 4.74 Å². The Hall–Kier alpha value is -3.16. The molecule has 3 aromatic carbocycles. The van der Waals surface area contributed by atoms with Gasteiger partial charge in [-0.15, -0.1) is 11.8 Å². The fraction of sp³-hybridized carbons (Fsp3) is 0.115. The van der Waals surface area contributed by atoms with Crippen molar-refractivity contribution in [2.75, 3.05) is 18.7 Å². The van der Waals surface area contributed by atoms with E-state index in [-0.39, 0.29) is 5.91 Å². The van der Waals surface area contributed by atoms with Gasteiger partial charge in [-0.05, 0) is 55.1 Å². The highest BCUT2D eigenvalue weighted by atomic mass is 79.9. The number of nitrogens with zero attached hydrogens (tertiary/aromatic N) is 1. The summed E-state index contributed by atoms with van der Waals surface area (Å²) in [6, 6.07) is 20.6. The molecule has 1 N–H and O–H groups in total. The second kappa shape index (κ2) is 9.77. The summed E-state index contributed by atoms with van der Waals surface area (Å²) >= 11 is 4.96. The zero-order chi connectivity index (χ0) is 23.5. The zero-order valence-electron chi connectivity index (χ0n) is 18.3. The number of fused-ring (bicyclic) bond motifs is 1. The van der Waals surface area contributed by atoms with Crippen LogP contribution in [0.15, 0.2) is 76.1 Å². The van der Waals surface area contributed by atoms with Gasteiger partial charge in [-0.1, -0.05) is 46.3 Å². The third-order valence-corrected chi connectivity index (χ3v) is 6.61. The van der Waals surface area contributed by atoms with Crippen LogP contribution in [-0.4, -0.2) is 30.2 Å². The SMILES string of the molecule is COC(=O)c1ccc(NC(=O)c2c(C)c(-c3ccccc3)nc3ccc(Br)cc23)c(SC)c1. The van der Waals surface area contributed by atoms with Crippen LogP contribution in [0.4, 0.5) is 5.69 Å². The molecule has 1 heterocycles. The average molecular weight is 521 g/mol. The van der Waals surface area contributed by atoms with Gasteiger partial charge < -0.3 is 10.1 Å². The van der Waals surface area contributed by atoms with Crippen molar-refractivity contribution in [2.24, 2.45) is 0 Å². The Morgan fingerprint density at radius 1 is 1.03 bits per heavy atom. The van der Waals surface area contributed by atoms with Crippen molar-refractivity contribution in [3.63, 3.8) is 0 Å². The number of carbonyl (C=O) groups excluding carboxylic acids is 2. The van der Waals surface area contributed by atoms with Crippen LogP contribution in [0.3, 0.4) is 0 Å². The number of anilines is 1. The zero-order valence-corrected chi connectivity index (χ0v) is 20.7. The topological polar surface area (TPSA) is 68.3 Å². The fourth-order valence-corrected chi connectivity index (χ4v) is 4.67. The normalized spacial score (nSPS) is 10.8. The van der Waals surface area contributed by atoms with Crippen LogP contribution >= 0.6 is 27.7 Å². The van der Waals surface area contributed by atoms with Gasteiger partial charge >= 0.3 is 5.97 Å². The van der Waals surface area contributed by atoms with Crippen molar-refractivity contribution in [3.05, 3.63) is 87.9 Å². The van der Waals surface area contributed by atoms with E-state index >= 15 is 0 Å². The van der Waals surface area contributed by atoms with E-state index in [4.69, 9.17) is 9.72 Å². The number of rotatable bonds is 5. The molecule has 0 fully saturated rings. The van der Waals surface area contributed by atoms with Gasteiger partial charge in [0.25, 0.3) is 5.91 Å². The molecule has 0 bridgehead atoms. The molecule has 0 saturated carbocycles. The highest BCUT2D eigenvalue weighted by molar-refractivity contribution is 9.10. The van der Waals surface area contributed by atoms with E-state index < -0.39 is 5.97 Å². The number of amides is 1. The number of thioether (sulfide) groups is 1. The van der Waals surface area contributed by atoms with E-state index in [0.29, 0.717) is 16.8 Å². The number of pyridine rings is 1. The van der Waals surface area contributed by atoms with Crippen LogP contribution in [0.2, 0.25) is 0 Å². The first-order valence-electron chi connectivity index (χ1n) is 10.2. The van der Waals surface area contributed by atoms with E-state index in [9.17, 15) is 9.59 Å². The van der Waals surface area contributed by atoms with Gasteiger partial charge in [0, 0.05) is 20.3 Å². The Balaban J connectivity index is 1.84. The van der Waals surface area contributed by atoms with Crippen molar-refractivity contribution >= 4 is 56.2 Å². The number of halogens is 1. The van der Waals surface area contributed by atoms with Gasteiger partial charge in [-0.3, -0.25) is 4.79 Å². The number of carbonyl (C=O) groups is 2. The molecule has 4 rings (SSSR count). The van der Waals surface area contributed by atoms with Crippen molar-refractivity contribution in [3.8, 4) is 11.3 Å². The van der Waals surface area contributed by atoms with Crippen LogP contribution in [0.25, 0.3) is 22.2 Å². The number of hydrogen-bond donors (Lipinski definition) is 1. The summed E-state index contributed by atoms with van der Waals surface area (Å²) in [4.78, 5) is 31.2. The first-order valence-corrected chi connectivity index (χ1v) is 12.2.